The Bertz CT molecular complexity index is 842. The van der Waals surface area contributed by atoms with Gasteiger partial charge < -0.3 is 14.6 Å². The number of aliphatic hydroxyl groups is 1. The highest BCUT2D eigenvalue weighted by molar-refractivity contribution is 6.26. The molecule has 2 fully saturated rings. The summed E-state index contributed by atoms with van der Waals surface area (Å²) in [6.07, 6.45) is 1.37. The summed E-state index contributed by atoms with van der Waals surface area (Å²) in [4.78, 5) is 13.4. The first-order chi connectivity index (χ1) is 12.4. The minimum absolute atomic E-state index is 0.0240. The number of allylic oxidation sites excluding steroid dienone is 1. The lowest BCUT2D eigenvalue weighted by molar-refractivity contribution is -0.126. The second-order valence-electron chi connectivity index (χ2n) is 7.81. The predicted molar refractivity (Wildman–Crippen MR) is 95.5 cm³/mol. The maximum atomic E-state index is 13.4. The summed E-state index contributed by atoms with van der Waals surface area (Å²) in [5, 5.41) is 19.7. The standard InChI is InChI=1S/C21H23NO4/c1-11-8-12(2)15(13(3)9-11)17-19(23)16-14-4-5-21(26-14,10-25-7-6-22)18(16)20(17)24/h8-9,14,16,18,23H,4-5,7,10H2,1-3H3/t14-,16-,18+,21-/m0/s1. The zero-order valence-corrected chi connectivity index (χ0v) is 15.3. The number of Topliss-reactive ketones (excluding diaryl/α,β-unsaturated/α-hetero) is 1. The van der Waals surface area contributed by atoms with Gasteiger partial charge in [0, 0.05) is 0 Å². The van der Waals surface area contributed by atoms with Gasteiger partial charge in [0.05, 0.1) is 36.2 Å². The predicted octanol–water partition coefficient (Wildman–Crippen LogP) is 3.17. The fourth-order valence-electron chi connectivity index (χ4n) is 5.30. The van der Waals surface area contributed by atoms with Crippen LogP contribution in [0.25, 0.3) is 5.57 Å². The molecule has 5 nitrogen and oxygen atoms in total. The van der Waals surface area contributed by atoms with E-state index in [1.165, 1.54) is 0 Å². The lowest BCUT2D eigenvalue weighted by Gasteiger charge is -2.31. The van der Waals surface area contributed by atoms with Gasteiger partial charge in [-0.1, -0.05) is 17.7 Å². The number of aliphatic hydroxyl groups excluding tert-OH is 1. The first-order valence-electron chi connectivity index (χ1n) is 9.07. The average Bonchev–Trinajstić information content (AvgIpc) is 3.20. The van der Waals surface area contributed by atoms with E-state index < -0.39 is 11.5 Å². The second kappa shape index (κ2) is 5.94. The van der Waals surface area contributed by atoms with Crippen molar-refractivity contribution in [3.05, 3.63) is 40.1 Å². The Kier molecular flexibility index (Phi) is 3.94. The third kappa shape index (κ3) is 2.26. The molecule has 0 spiro atoms. The Morgan fingerprint density at radius 1 is 1.35 bits per heavy atom. The molecule has 1 N–H and O–H groups in total. The van der Waals surface area contributed by atoms with E-state index in [2.05, 4.69) is 0 Å². The number of rotatable bonds is 4. The van der Waals surface area contributed by atoms with E-state index in [4.69, 9.17) is 14.7 Å². The van der Waals surface area contributed by atoms with Gasteiger partial charge in [0.15, 0.2) is 5.78 Å². The Labute approximate surface area is 153 Å². The molecule has 0 unspecified atom stereocenters. The maximum absolute atomic E-state index is 13.4. The molecular weight excluding hydrogens is 330 g/mol. The van der Waals surface area contributed by atoms with Crippen LogP contribution in [0.15, 0.2) is 17.9 Å². The van der Waals surface area contributed by atoms with Crippen LogP contribution in [0.1, 0.15) is 35.1 Å². The molecule has 2 aliphatic heterocycles. The smallest absolute Gasteiger partial charge is 0.173 e. The Hall–Kier alpha value is -2.16. The quantitative estimate of drug-likeness (QED) is 0.841. The van der Waals surface area contributed by atoms with E-state index in [9.17, 15) is 9.90 Å². The number of aryl methyl sites for hydroxylation is 3. The van der Waals surface area contributed by atoms with Gasteiger partial charge in [0.25, 0.3) is 0 Å². The van der Waals surface area contributed by atoms with Gasteiger partial charge in [-0.3, -0.25) is 4.79 Å². The molecule has 1 aliphatic carbocycles. The topological polar surface area (TPSA) is 79.6 Å². The van der Waals surface area contributed by atoms with Crippen LogP contribution in [-0.2, 0) is 14.3 Å². The molecule has 26 heavy (non-hydrogen) atoms. The van der Waals surface area contributed by atoms with Crippen LogP contribution in [0, 0.1) is 43.9 Å². The SMILES string of the molecule is Cc1cc(C)c(C2=C(O)[C@H]3[C@@H]4CC[C@@](COCC#N)(O4)[C@H]3C2=O)c(C)c1. The highest BCUT2D eigenvalue weighted by atomic mass is 16.6. The third-order valence-electron chi connectivity index (χ3n) is 6.11. The number of benzene rings is 1. The number of hydrogen-bond acceptors (Lipinski definition) is 5. The van der Waals surface area contributed by atoms with Gasteiger partial charge >= 0.3 is 0 Å². The highest BCUT2D eigenvalue weighted by Gasteiger charge is 2.67. The van der Waals surface area contributed by atoms with Gasteiger partial charge in [0.2, 0.25) is 0 Å². The van der Waals surface area contributed by atoms with Crippen LogP contribution in [0.2, 0.25) is 0 Å². The maximum Gasteiger partial charge on any atom is 0.173 e. The van der Waals surface area contributed by atoms with Crippen molar-refractivity contribution in [2.24, 2.45) is 11.8 Å². The molecule has 0 amide bonds. The minimum Gasteiger partial charge on any atom is -0.511 e. The summed E-state index contributed by atoms with van der Waals surface area (Å²) in [6.45, 7) is 6.18. The van der Waals surface area contributed by atoms with Crippen molar-refractivity contribution in [2.75, 3.05) is 13.2 Å². The van der Waals surface area contributed by atoms with Crippen molar-refractivity contribution >= 4 is 11.4 Å². The molecule has 0 aromatic heterocycles. The summed E-state index contributed by atoms with van der Waals surface area (Å²) in [5.74, 6) is -0.598. The van der Waals surface area contributed by atoms with Crippen molar-refractivity contribution in [1.82, 2.24) is 0 Å². The number of carbonyl (C=O) groups is 1. The first-order valence-corrected chi connectivity index (χ1v) is 9.07. The van der Waals surface area contributed by atoms with Crippen molar-refractivity contribution in [1.29, 1.82) is 5.26 Å². The largest absolute Gasteiger partial charge is 0.511 e. The van der Waals surface area contributed by atoms with Gasteiger partial charge in [-0.15, -0.1) is 0 Å². The van der Waals surface area contributed by atoms with Crippen molar-refractivity contribution in [2.45, 2.75) is 45.3 Å². The zero-order valence-electron chi connectivity index (χ0n) is 15.3. The van der Waals surface area contributed by atoms with E-state index in [1.807, 2.05) is 39.0 Å². The molecule has 1 aromatic carbocycles. The van der Waals surface area contributed by atoms with Gasteiger partial charge in [-0.05, 0) is 50.3 Å². The van der Waals surface area contributed by atoms with Gasteiger partial charge in [-0.2, -0.15) is 5.26 Å². The summed E-state index contributed by atoms with van der Waals surface area (Å²) in [5.41, 5.74) is 3.72. The molecule has 0 radical (unpaired) electrons. The second-order valence-corrected chi connectivity index (χ2v) is 7.81. The van der Waals surface area contributed by atoms with E-state index in [0.717, 1.165) is 35.1 Å². The molecule has 2 heterocycles. The van der Waals surface area contributed by atoms with E-state index in [1.54, 1.807) is 0 Å². The van der Waals surface area contributed by atoms with E-state index in [0.29, 0.717) is 5.57 Å². The van der Waals surface area contributed by atoms with E-state index in [-0.39, 0.29) is 36.8 Å². The van der Waals surface area contributed by atoms with E-state index >= 15 is 0 Å². The zero-order chi connectivity index (χ0) is 18.6. The molecule has 136 valence electrons. The van der Waals surface area contributed by atoms with Gasteiger partial charge in [-0.25, -0.2) is 0 Å². The fourth-order valence-corrected chi connectivity index (χ4v) is 5.30. The summed E-state index contributed by atoms with van der Waals surface area (Å²) < 4.78 is 11.6. The third-order valence-corrected chi connectivity index (χ3v) is 6.11. The van der Waals surface area contributed by atoms with Crippen molar-refractivity contribution in [3.8, 4) is 6.07 Å². The summed E-state index contributed by atoms with van der Waals surface area (Å²) in [6, 6.07) is 6.04. The minimum atomic E-state index is -0.717. The highest BCUT2D eigenvalue weighted by Crippen LogP contribution is 2.59. The van der Waals surface area contributed by atoms with Gasteiger partial charge in [0.1, 0.15) is 18.0 Å². The Morgan fingerprint density at radius 3 is 2.69 bits per heavy atom. The molecular formula is C21H23NO4. The van der Waals surface area contributed by atoms with Crippen LogP contribution in [0.3, 0.4) is 0 Å². The number of fused-ring (bicyclic) bond motifs is 5. The van der Waals surface area contributed by atoms with Crippen LogP contribution in [-0.4, -0.2) is 35.8 Å². The molecule has 1 aromatic rings. The Balaban J connectivity index is 1.75. The fraction of sp³-hybridized carbons (Fsp3) is 0.524. The summed E-state index contributed by atoms with van der Waals surface area (Å²) >= 11 is 0. The van der Waals surface area contributed by atoms with Crippen LogP contribution >= 0.6 is 0 Å². The lowest BCUT2D eigenvalue weighted by Crippen LogP contribution is -2.44. The molecule has 0 saturated carbocycles. The monoisotopic (exact) mass is 353 g/mol. The van der Waals surface area contributed by atoms with Crippen LogP contribution in [0.5, 0.6) is 0 Å². The molecule has 4 rings (SSSR count). The molecule has 2 saturated heterocycles. The van der Waals surface area contributed by atoms with Crippen LogP contribution in [0.4, 0.5) is 0 Å². The Morgan fingerprint density at radius 2 is 2.04 bits per heavy atom. The van der Waals surface area contributed by atoms with Crippen molar-refractivity contribution in [3.63, 3.8) is 0 Å². The molecule has 5 heteroatoms. The number of nitrogens with zero attached hydrogens (tertiary/aromatic N) is 1. The first kappa shape index (κ1) is 17.3. The lowest BCUT2D eigenvalue weighted by atomic mass is 9.72. The molecule has 4 atom stereocenters. The summed E-state index contributed by atoms with van der Waals surface area (Å²) in [7, 11) is 0. The number of ketones is 1. The normalized spacial score (nSPS) is 32.2. The number of hydrogen-bond donors (Lipinski definition) is 1. The number of carbonyl (C=O) groups excluding carboxylic acids is 1. The molecule has 2 bridgehead atoms. The molecule has 3 aliphatic rings. The van der Waals surface area contributed by atoms with Crippen molar-refractivity contribution < 1.29 is 19.4 Å². The van der Waals surface area contributed by atoms with Crippen LogP contribution < -0.4 is 0 Å². The number of ether oxygens (including phenoxy) is 2. The number of nitriles is 1. The average molecular weight is 353 g/mol.